The number of methoxy groups -OCH3 is 2. The normalized spacial score (nSPS) is 11.0. The van der Waals surface area contributed by atoms with Gasteiger partial charge in [0.15, 0.2) is 5.17 Å². The lowest BCUT2D eigenvalue weighted by Crippen LogP contribution is -2.28. The van der Waals surface area contributed by atoms with Gasteiger partial charge in [-0.05, 0) is 78.3 Å². The molecule has 0 N–H and O–H groups in total. The van der Waals surface area contributed by atoms with Crippen LogP contribution in [0.5, 0.6) is 11.5 Å². The van der Waals surface area contributed by atoms with Crippen LogP contribution in [0.25, 0.3) is 0 Å². The minimum Gasteiger partial charge on any atom is -0.497 e. The summed E-state index contributed by atoms with van der Waals surface area (Å²) in [4.78, 5) is 7.43. The summed E-state index contributed by atoms with van der Waals surface area (Å²) in [7, 11) is 3.38. The zero-order valence-corrected chi connectivity index (χ0v) is 23.1. The molecule has 0 aromatic heterocycles. The number of benzene rings is 3. The third-order valence-electron chi connectivity index (χ3n) is 5.04. The molecule has 6 heteroatoms. The van der Waals surface area contributed by atoms with E-state index in [1.165, 1.54) is 22.3 Å². The molecule has 3 aromatic carbocycles. The highest BCUT2D eigenvalue weighted by Gasteiger charge is 2.14. The fourth-order valence-electron chi connectivity index (χ4n) is 3.54. The van der Waals surface area contributed by atoms with Crippen molar-refractivity contribution in [3.05, 3.63) is 89.0 Å². The second-order valence-electron chi connectivity index (χ2n) is 7.73. The van der Waals surface area contributed by atoms with Gasteiger partial charge >= 0.3 is 0 Å². The third kappa shape index (κ3) is 8.27. The topological polar surface area (TPSA) is 34.1 Å². The molecule has 0 aliphatic heterocycles. The fraction of sp³-hybridized carbons (Fsp3) is 0.296. The van der Waals surface area contributed by atoms with Crippen molar-refractivity contribution in [2.75, 3.05) is 20.0 Å². The Hall–Kier alpha value is -2.19. The first-order valence-electron chi connectivity index (χ1n) is 10.8. The molecule has 176 valence electrons. The lowest BCUT2D eigenvalue weighted by molar-refractivity contribution is 0.405. The zero-order chi connectivity index (χ0) is 22.9. The molecular formula is C27H33IN2O2S. The van der Waals surface area contributed by atoms with Gasteiger partial charge in [-0.2, -0.15) is 0 Å². The summed E-state index contributed by atoms with van der Waals surface area (Å²) in [5.74, 6) is 2.68. The van der Waals surface area contributed by atoms with Gasteiger partial charge in [-0.25, -0.2) is 4.99 Å². The lowest BCUT2D eigenvalue weighted by atomic mass is 10.1. The molecular weight excluding hydrogens is 543 g/mol. The average Bonchev–Trinajstić information content (AvgIpc) is 2.79. The van der Waals surface area contributed by atoms with E-state index in [-0.39, 0.29) is 24.0 Å². The van der Waals surface area contributed by atoms with Crippen LogP contribution in [0.2, 0.25) is 0 Å². The van der Waals surface area contributed by atoms with E-state index in [9.17, 15) is 0 Å². The Bertz CT molecular complexity index is 967. The second-order valence-corrected chi connectivity index (χ2v) is 8.96. The van der Waals surface area contributed by atoms with Crippen LogP contribution in [0.4, 0.5) is 5.69 Å². The van der Waals surface area contributed by atoms with E-state index in [2.05, 4.69) is 68.1 Å². The van der Waals surface area contributed by atoms with Gasteiger partial charge in [0.2, 0.25) is 0 Å². The van der Waals surface area contributed by atoms with Crippen molar-refractivity contribution in [2.24, 2.45) is 4.99 Å². The summed E-state index contributed by atoms with van der Waals surface area (Å²) in [5.41, 5.74) is 5.86. The number of hydrogen-bond acceptors (Lipinski definition) is 4. The zero-order valence-electron chi connectivity index (χ0n) is 20.0. The summed E-state index contributed by atoms with van der Waals surface area (Å²) in [6.07, 6.45) is 0. The molecule has 33 heavy (non-hydrogen) atoms. The number of aliphatic imine (C=N–C) groups is 1. The van der Waals surface area contributed by atoms with Crippen molar-refractivity contribution < 1.29 is 9.47 Å². The molecule has 0 radical (unpaired) electrons. The standard InChI is InChI=1S/C27H32N2O2S.HI/c1-6-32-27(28-24-16-20(2)15-21(3)17-24)29(18-22-7-11-25(30-4)12-8-22)19-23-9-13-26(31-5)14-10-23;/h7-17H,6,18-19H2,1-5H3;1H. The quantitative estimate of drug-likeness (QED) is 0.159. The van der Waals surface area contributed by atoms with Crippen LogP contribution in [0.1, 0.15) is 29.2 Å². The highest BCUT2D eigenvalue weighted by molar-refractivity contribution is 14.0. The molecule has 0 fully saturated rings. The van der Waals surface area contributed by atoms with Gasteiger partial charge in [-0.15, -0.1) is 24.0 Å². The Kier molecular flexibility index (Phi) is 11.1. The molecule has 0 aliphatic rings. The highest BCUT2D eigenvalue weighted by Crippen LogP contribution is 2.24. The third-order valence-corrected chi connectivity index (χ3v) is 5.94. The van der Waals surface area contributed by atoms with E-state index in [1.807, 2.05) is 24.3 Å². The molecule has 0 bridgehead atoms. The second kappa shape index (κ2) is 13.5. The van der Waals surface area contributed by atoms with Gasteiger partial charge in [-0.1, -0.05) is 49.0 Å². The minimum atomic E-state index is 0. The Morgan fingerprint density at radius 3 is 1.64 bits per heavy atom. The van der Waals surface area contributed by atoms with Gasteiger partial charge in [0.25, 0.3) is 0 Å². The van der Waals surface area contributed by atoms with Crippen LogP contribution in [-0.4, -0.2) is 30.0 Å². The minimum absolute atomic E-state index is 0. The van der Waals surface area contributed by atoms with Crippen molar-refractivity contribution in [3.63, 3.8) is 0 Å². The van der Waals surface area contributed by atoms with Gasteiger partial charge in [0, 0.05) is 13.1 Å². The molecule has 3 aromatic rings. The van der Waals surface area contributed by atoms with Crippen molar-refractivity contribution in [2.45, 2.75) is 33.9 Å². The smallest absolute Gasteiger partial charge is 0.164 e. The first-order chi connectivity index (χ1) is 15.5. The summed E-state index contributed by atoms with van der Waals surface area (Å²) >= 11 is 1.77. The van der Waals surface area contributed by atoms with Crippen LogP contribution in [0, 0.1) is 13.8 Å². The van der Waals surface area contributed by atoms with Crippen molar-refractivity contribution in [3.8, 4) is 11.5 Å². The summed E-state index contributed by atoms with van der Waals surface area (Å²) in [5, 5.41) is 1.02. The lowest BCUT2D eigenvalue weighted by Gasteiger charge is -2.26. The van der Waals surface area contributed by atoms with Gasteiger partial charge < -0.3 is 14.4 Å². The number of nitrogens with zero attached hydrogens (tertiary/aromatic N) is 2. The molecule has 0 amide bonds. The van der Waals surface area contributed by atoms with E-state index in [0.29, 0.717) is 0 Å². The number of hydrogen-bond donors (Lipinski definition) is 0. The largest absolute Gasteiger partial charge is 0.497 e. The maximum atomic E-state index is 5.33. The Morgan fingerprint density at radius 1 is 0.788 bits per heavy atom. The number of thioether (sulfide) groups is 1. The molecule has 0 aliphatic carbocycles. The molecule has 0 saturated heterocycles. The predicted molar refractivity (Wildman–Crippen MR) is 152 cm³/mol. The number of aryl methyl sites for hydroxylation is 2. The van der Waals surface area contributed by atoms with Crippen LogP contribution in [0.3, 0.4) is 0 Å². The predicted octanol–water partition coefficient (Wildman–Crippen LogP) is 7.38. The monoisotopic (exact) mass is 576 g/mol. The fourth-order valence-corrected chi connectivity index (χ4v) is 4.28. The molecule has 0 saturated carbocycles. The summed E-state index contributed by atoms with van der Waals surface area (Å²) in [6, 6.07) is 23.0. The van der Waals surface area contributed by atoms with Crippen molar-refractivity contribution in [1.82, 2.24) is 4.90 Å². The van der Waals surface area contributed by atoms with E-state index in [4.69, 9.17) is 14.5 Å². The van der Waals surface area contributed by atoms with Crippen molar-refractivity contribution in [1.29, 1.82) is 0 Å². The van der Waals surface area contributed by atoms with Crippen LogP contribution in [-0.2, 0) is 13.1 Å². The molecule has 0 atom stereocenters. The molecule has 0 unspecified atom stereocenters. The van der Waals surface area contributed by atoms with Gasteiger partial charge in [0.05, 0.1) is 19.9 Å². The first kappa shape index (κ1) is 27.1. The van der Waals surface area contributed by atoms with Crippen molar-refractivity contribution >= 4 is 46.6 Å². The van der Waals surface area contributed by atoms with Crippen LogP contribution in [0.15, 0.2) is 71.7 Å². The van der Waals surface area contributed by atoms with E-state index in [1.54, 1.807) is 26.0 Å². The Balaban J connectivity index is 0.00000385. The number of rotatable bonds is 8. The molecule has 3 rings (SSSR count). The highest BCUT2D eigenvalue weighted by atomic mass is 127. The summed E-state index contributed by atoms with van der Waals surface area (Å²) < 4.78 is 10.7. The Labute approximate surface area is 219 Å². The van der Waals surface area contributed by atoms with Gasteiger partial charge in [-0.3, -0.25) is 0 Å². The van der Waals surface area contributed by atoms with Crippen LogP contribution < -0.4 is 9.47 Å². The SMILES string of the molecule is CCSC(=Nc1cc(C)cc(C)c1)N(Cc1ccc(OC)cc1)Cc1ccc(OC)cc1.I. The van der Waals surface area contributed by atoms with E-state index < -0.39 is 0 Å². The molecule has 0 spiro atoms. The van der Waals surface area contributed by atoms with E-state index >= 15 is 0 Å². The van der Waals surface area contributed by atoms with Gasteiger partial charge in [0.1, 0.15) is 11.5 Å². The summed E-state index contributed by atoms with van der Waals surface area (Å²) in [6.45, 7) is 7.91. The maximum Gasteiger partial charge on any atom is 0.164 e. The Morgan fingerprint density at radius 2 is 1.24 bits per heavy atom. The average molecular weight is 577 g/mol. The number of amidine groups is 1. The van der Waals surface area contributed by atoms with Crippen LogP contribution >= 0.6 is 35.7 Å². The maximum absolute atomic E-state index is 5.33. The first-order valence-corrected chi connectivity index (χ1v) is 11.8. The van der Waals surface area contributed by atoms with E-state index in [0.717, 1.165) is 41.2 Å². The molecule has 4 nitrogen and oxygen atoms in total. The molecule has 0 heterocycles. The number of ether oxygens (including phenoxy) is 2. The number of halogens is 1.